The van der Waals surface area contributed by atoms with Crippen molar-refractivity contribution in [2.75, 3.05) is 0 Å². The fourth-order valence-corrected chi connectivity index (χ4v) is 4.15. The molecule has 0 unspecified atom stereocenters. The van der Waals surface area contributed by atoms with Gasteiger partial charge in [-0.2, -0.15) is 0 Å². The van der Waals surface area contributed by atoms with Crippen molar-refractivity contribution in [3.05, 3.63) is 131 Å². The zero-order valence-corrected chi connectivity index (χ0v) is 14.6. The fourth-order valence-electron chi connectivity index (χ4n) is 4.15. The molecule has 3 aromatic carbocycles. The molecule has 3 aromatic rings. The highest BCUT2D eigenvalue weighted by Crippen LogP contribution is 2.49. The lowest BCUT2D eigenvalue weighted by molar-refractivity contribution is 1.02. The Bertz CT molecular complexity index is 1000. The Hall–Kier alpha value is -3.12. The summed E-state index contributed by atoms with van der Waals surface area (Å²) in [5, 5.41) is 0. The van der Waals surface area contributed by atoms with Gasteiger partial charge >= 0.3 is 0 Å². The Labute approximate surface area is 154 Å². The van der Waals surface area contributed by atoms with Gasteiger partial charge < -0.3 is 0 Å². The number of hydrogen-bond acceptors (Lipinski definition) is 0. The van der Waals surface area contributed by atoms with Gasteiger partial charge in [0, 0.05) is 5.92 Å². The van der Waals surface area contributed by atoms with Gasteiger partial charge in [0.15, 0.2) is 0 Å². The Kier molecular flexibility index (Phi) is 3.68. The zero-order valence-electron chi connectivity index (χ0n) is 14.6. The maximum Gasteiger partial charge on any atom is 0.0352 e. The molecule has 0 amide bonds. The molecule has 124 valence electrons. The van der Waals surface area contributed by atoms with Crippen molar-refractivity contribution in [3.8, 4) is 11.1 Å². The number of fused-ring (bicyclic) bond motifs is 3. The van der Waals surface area contributed by atoms with Crippen molar-refractivity contribution in [2.24, 2.45) is 0 Å². The molecule has 0 radical (unpaired) electrons. The van der Waals surface area contributed by atoms with Crippen LogP contribution in [0.5, 0.6) is 0 Å². The van der Waals surface area contributed by atoms with Crippen molar-refractivity contribution in [3.63, 3.8) is 0 Å². The summed E-state index contributed by atoms with van der Waals surface area (Å²) in [4.78, 5) is 0. The van der Waals surface area contributed by atoms with Crippen LogP contribution in [0.25, 0.3) is 11.1 Å². The number of rotatable bonds is 3. The van der Waals surface area contributed by atoms with E-state index < -0.39 is 0 Å². The van der Waals surface area contributed by atoms with Gasteiger partial charge in [-0.3, -0.25) is 0 Å². The van der Waals surface area contributed by atoms with Crippen LogP contribution in [0.15, 0.2) is 114 Å². The van der Waals surface area contributed by atoms with Crippen molar-refractivity contribution in [1.82, 2.24) is 0 Å². The Balaban J connectivity index is 1.50. The molecule has 0 atom stereocenters. The summed E-state index contributed by atoms with van der Waals surface area (Å²) in [6.45, 7) is 0. The van der Waals surface area contributed by atoms with Crippen LogP contribution in [0.1, 0.15) is 22.6 Å². The van der Waals surface area contributed by atoms with Crippen LogP contribution in [-0.4, -0.2) is 0 Å². The van der Waals surface area contributed by atoms with E-state index in [1.54, 1.807) is 0 Å². The van der Waals surface area contributed by atoms with Crippen LogP contribution in [0.4, 0.5) is 0 Å². The summed E-state index contributed by atoms with van der Waals surface area (Å²) >= 11 is 0. The molecule has 0 N–H and O–H groups in total. The van der Waals surface area contributed by atoms with Crippen LogP contribution >= 0.6 is 0 Å². The highest BCUT2D eigenvalue weighted by Gasteiger charge is 2.30. The van der Waals surface area contributed by atoms with Crippen molar-refractivity contribution >= 4 is 0 Å². The van der Waals surface area contributed by atoms with E-state index in [0.717, 1.165) is 6.42 Å². The number of hydrogen-bond donors (Lipinski definition) is 0. The largest absolute Gasteiger partial charge is 0.0729 e. The lowest BCUT2D eigenvalue weighted by atomic mass is 9.89. The molecule has 0 heterocycles. The van der Waals surface area contributed by atoms with Crippen molar-refractivity contribution in [2.45, 2.75) is 12.3 Å². The molecule has 0 aromatic heterocycles. The third-order valence-electron chi connectivity index (χ3n) is 5.38. The van der Waals surface area contributed by atoms with Crippen LogP contribution in [0, 0.1) is 0 Å². The normalized spacial score (nSPS) is 16.6. The van der Waals surface area contributed by atoms with Gasteiger partial charge in [-0.25, -0.2) is 0 Å². The van der Waals surface area contributed by atoms with Gasteiger partial charge in [0.2, 0.25) is 0 Å². The Morgan fingerprint density at radius 2 is 1.27 bits per heavy atom. The summed E-state index contributed by atoms with van der Waals surface area (Å²) in [6, 6.07) is 28.3. The van der Waals surface area contributed by atoms with Crippen molar-refractivity contribution < 1.29 is 0 Å². The second-order valence-corrected chi connectivity index (χ2v) is 6.98. The summed E-state index contributed by atoms with van der Waals surface area (Å²) < 4.78 is 0. The smallest absolute Gasteiger partial charge is 0.0352 e. The lowest BCUT2D eigenvalue weighted by Gasteiger charge is -2.13. The van der Waals surface area contributed by atoms with Gasteiger partial charge in [-0.15, -0.1) is 0 Å². The van der Waals surface area contributed by atoms with E-state index in [2.05, 4.69) is 103 Å². The molecule has 2 aliphatic rings. The van der Waals surface area contributed by atoms with Gasteiger partial charge in [0.1, 0.15) is 0 Å². The molecule has 0 aliphatic heterocycles. The minimum absolute atomic E-state index is 0.348. The predicted molar refractivity (Wildman–Crippen MR) is 109 cm³/mol. The second-order valence-electron chi connectivity index (χ2n) is 6.98. The maximum atomic E-state index is 2.35. The third kappa shape index (κ3) is 2.55. The van der Waals surface area contributed by atoms with Gasteiger partial charge in [-0.1, -0.05) is 103 Å². The summed E-state index contributed by atoms with van der Waals surface area (Å²) in [5.74, 6) is 0.348. The van der Waals surface area contributed by atoms with E-state index in [1.807, 2.05) is 0 Å². The van der Waals surface area contributed by atoms with Gasteiger partial charge in [-0.05, 0) is 45.4 Å². The molecule has 0 saturated carbocycles. The molecule has 0 heteroatoms. The van der Waals surface area contributed by atoms with E-state index in [1.165, 1.54) is 39.0 Å². The molecule has 0 bridgehead atoms. The second kappa shape index (κ2) is 6.31. The molecule has 0 saturated heterocycles. The lowest BCUT2D eigenvalue weighted by Crippen LogP contribution is -1.98. The van der Waals surface area contributed by atoms with E-state index in [9.17, 15) is 0 Å². The average Bonchev–Trinajstić information content (AvgIpc) is 3.29. The first-order chi connectivity index (χ1) is 12.9. The molecular formula is C26H20. The van der Waals surface area contributed by atoms with Crippen molar-refractivity contribution in [1.29, 1.82) is 0 Å². The van der Waals surface area contributed by atoms with E-state index >= 15 is 0 Å². The summed E-state index contributed by atoms with van der Waals surface area (Å²) in [6.07, 6.45) is 10.2. The van der Waals surface area contributed by atoms with E-state index in [0.29, 0.717) is 5.92 Å². The monoisotopic (exact) mass is 332 g/mol. The minimum Gasteiger partial charge on any atom is -0.0729 e. The standard InChI is InChI=1S/C26H20/c1-2-8-19(9-3-1)14-15-20-16-17-21(18-20)26-24-12-6-4-10-22(24)23-11-5-7-13-25(23)26/h1-13,15-18,26H,14H2/b20-15-. The molecule has 0 nitrogen and oxygen atoms in total. The SMILES string of the molecule is C1=C/C(=C/Cc2ccccc2)C=C1C1c2ccccc2-c2ccccc21. The molecule has 0 fully saturated rings. The molecule has 0 spiro atoms. The predicted octanol–water partition coefficient (Wildman–Crippen LogP) is 6.46. The first-order valence-electron chi connectivity index (χ1n) is 9.22. The maximum absolute atomic E-state index is 2.35. The quantitative estimate of drug-likeness (QED) is 0.516. The van der Waals surface area contributed by atoms with Crippen LogP contribution in [0.3, 0.4) is 0 Å². The molecule has 26 heavy (non-hydrogen) atoms. The van der Waals surface area contributed by atoms with E-state index in [-0.39, 0.29) is 0 Å². The van der Waals surface area contributed by atoms with Crippen LogP contribution in [-0.2, 0) is 6.42 Å². The first kappa shape index (κ1) is 15.2. The van der Waals surface area contributed by atoms with Crippen LogP contribution in [0.2, 0.25) is 0 Å². The van der Waals surface area contributed by atoms with Gasteiger partial charge in [0.25, 0.3) is 0 Å². The Morgan fingerprint density at radius 1 is 0.654 bits per heavy atom. The fraction of sp³-hybridized carbons (Fsp3) is 0.0769. The minimum atomic E-state index is 0.348. The molecule has 2 aliphatic carbocycles. The number of benzene rings is 3. The first-order valence-corrected chi connectivity index (χ1v) is 9.22. The van der Waals surface area contributed by atoms with Gasteiger partial charge in [0.05, 0.1) is 0 Å². The molecule has 5 rings (SSSR count). The number of allylic oxidation sites excluding steroid dienone is 6. The molecular weight excluding hydrogens is 312 g/mol. The zero-order chi connectivity index (χ0) is 17.3. The Morgan fingerprint density at radius 3 is 1.96 bits per heavy atom. The topological polar surface area (TPSA) is 0 Å². The highest BCUT2D eigenvalue weighted by atomic mass is 14.3. The highest BCUT2D eigenvalue weighted by molar-refractivity contribution is 5.81. The summed E-state index contributed by atoms with van der Waals surface area (Å²) in [7, 11) is 0. The van der Waals surface area contributed by atoms with Crippen LogP contribution < -0.4 is 0 Å². The summed E-state index contributed by atoms with van der Waals surface area (Å²) in [5.41, 5.74) is 9.66. The third-order valence-corrected chi connectivity index (χ3v) is 5.38. The van der Waals surface area contributed by atoms with E-state index in [4.69, 9.17) is 0 Å². The average molecular weight is 332 g/mol.